The van der Waals surface area contributed by atoms with Gasteiger partial charge in [0.15, 0.2) is 0 Å². The summed E-state index contributed by atoms with van der Waals surface area (Å²) in [6.07, 6.45) is 5.61. The molecule has 0 unspecified atom stereocenters. The number of nitrogens with zero attached hydrogens (tertiary/aromatic N) is 1. The minimum Gasteiger partial charge on any atom is -0.381 e. The van der Waals surface area contributed by atoms with Crippen molar-refractivity contribution in [1.82, 2.24) is 9.97 Å². The molecule has 3 nitrogen and oxygen atoms in total. The fraction of sp³-hybridized carbons (Fsp3) is 0.0714. The summed E-state index contributed by atoms with van der Waals surface area (Å²) in [6, 6.07) is 10.4. The molecule has 18 heavy (non-hydrogen) atoms. The maximum atomic E-state index is 4.15. The highest BCUT2D eigenvalue weighted by molar-refractivity contribution is 9.10. The van der Waals surface area contributed by atoms with Crippen LogP contribution in [0.3, 0.4) is 0 Å². The number of hydrogen-bond acceptors (Lipinski definition) is 2. The van der Waals surface area contributed by atoms with Crippen molar-refractivity contribution in [2.45, 2.75) is 6.54 Å². The fourth-order valence-corrected chi connectivity index (χ4v) is 2.33. The van der Waals surface area contributed by atoms with Crippen molar-refractivity contribution >= 4 is 32.5 Å². The van der Waals surface area contributed by atoms with E-state index < -0.39 is 0 Å². The van der Waals surface area contributed by atoms with Crippen molar-refractivity contribution in [3.8, 4) is 0 Å². The lowest BCUT2D eigenvalue weighted by Gasteiger charge is -2.06. The lowest BCUT2D eigenvalue weighted by molar-refractivity contribution is 1.11. The van der Waals surface area contributed by atoms with Gasteiger partial charge in [-0.25, -0.2) is 0 Å². The first-order chi connectivity index (χ1) is 8.81. The highest BCUT2D eigenvalue weighted by Gasteiger charge is 1.98. The van der Waals surface area contributed by atoms with Crippen molar-refractivity contribution < 1.29 is 0 Å². The van der Waals surface area contributed by atoms with E-state index in [2.05, 4.69) is 61.5 Å². The number of aromatic amines is 1. The van der Waals surface area contributed by atoms with Crippen molar-refractivity contribution in [2.24, 2.45) is 0 Å². The zero-order valence-corrected chi connectivity index (χ0v) is 11.2. The van der Waals surface area contributed by atoms with E-state index in [1.807, 2.05) is 12.4 Å². The van der Waals surface area contributed by atoms with Crippen molar-refractivity contribution in [3.63, 3.8) is 0 Å². The summed E-state index contributed by atoms with van der Waals surface area (Å²) in [7, 11) is 0. The molecule has 0 amide bonds. The molecular weight excluding hydrogens is 290 g/mol. The highest BCUT2D eigenvalue weighted by atomic mass is 79.9. The van der Waals surface area contributed by atoms with Crippen LogP contribution in [0, 0.1) is 0 Å². The first kappa shape index (κ1) is 11.3. The largest absolute Gasteiger partial charge is 0.381 e. The van der Waals surface area contributed by atoms with E-state index in [9.17, 15) is 0 Å². The summed E-state index contributed by atoms with van der Waals surface area (Å²) < 4.78 is 1.00. The van der Waals surface area contributed by atoms with Crippen LogP contribution in [-0.4, -0.2) is 9.97 Å². The molecule has 0 spiro atoms. The Morgan fingerprint density at radius 2 is 2.11 bits per heavy atom. The molecule has 0 aliphatic heterocycles. The van der Waals surface area contributed by atoms with E-state index in [4.69, 9.17) is 0 Å². The van der Waals surface area contributed by atoms with Crippen LogP contribution in [0.25, 0.3) is 10.9 Å². The third kappa shape index (κ3) is 2.38. The lowest BCUT2D eigenvalue weighted by atomic mass is 10.2. The molecule has 0 aliphatic carbocycles. The zero-order chi connectivity index (χ0) is 12.4. The van der Waals surface area contributed by atoms with Gasteiger partial charge in [-0.05, 0) is 51.8 Å². The predicted octanol–water partition coefficient (Wildman–Crippen LogP) is 3.94. The molecule has 2 N–H and O–H groups in total. The molecule has 4 heteroatoms. The quantitative estimate of drug-likeness (QED) is 0.769. The summed E-state index contributed by atoms with van der Waals surface area (Å²) in [4.78, 5) is 7.33. The van der Waals surface area contributed by atoms with Crippen molar-refractivity contribution in [1.29, 1.82) is 0 Å². The minimum absolute atomic E-state index is 0.766. The van der Waals surface area contributed by atoms with Crippen LogP contribution in [0.2, 0.25) is 0 Å². The first-order valence-electron chi connectivity index (χ1n) is 5.72. The van der Waals surface area contributed by atoms with Gasteiger partial charge < -0.3 is 10.3 Å². The number of nitrogens with one attached hydrogen (secondary N) is 2. The SMILES string of the molecule is Brc1cncc(CNc2ccc3[nH]ccc3c2)c1. The van der Waals surface area contributed by atoms with Gasteiger partial charge in [0, 0.05) is 46.2 Å². The average Bonchev–Trinajstić information content (AvgIpc) is 2.84. The second kappa shape index (κ2) is 4.82. The van der Waals surface area contributed by atoms with Crippen LogP contribution in [0.15, 0.2) is 53.4 Å². The third-order valence-electron chi connectivity index (χ3n) is 2.81. The van der Waals surface area contributed by atoms with Crippen LogP contribution in [0.5, 0.6) is 0 Å². The van der Waals surface area contributed by atoms with Gasteiger partial charge in [-0.2, -0.15) is 0 Å². The molecule has 90 valence electrons. The van der Waals surface area contributed by atoms with Gasteiger partial charge in [-0.3, -0.25) is 4.98 Å². The number of halogens is 1. The summed E-state index contributed by atoms with van der Waals surface area (Å²) in [5, 5.41) is 4.61. The Labute approximate surface area is 113 Å². The topological polar surface area (TPSA) is 40.7 Å². The normalized spacial score (nSPS) is 10.7. The summed E-state index contributed by atoms with van der Waals surface area (Å²) >= 11 is 3.42. The standard InChI is InChI=1S/C14H12BrN3/c15-12-5-10(7-16-9-12)8-18-13-1-2-14-11(6-13)3-4-17-14/h1-7,9,17-18H,8H2. The molecule has 2 heterocycles. The Morgan fingerprint density at radius 3 is 3.00 bits per heavy atom. The van der Waals surface area contributed by atoms with Crippen molar-refractivity contribution in [2.75, 3.05) is 5.32 Å². The number of aromatic nitrogens is 2. The molecule has 0 atom stereocenters. The molecule has 0 aliphatic rings. The molecule has 2 aromatic heterocycles. The van der Waals surface area contributed by atoms with E-state index in [0.717, 1.165) is 27.8 Å². The lowest BCUT2D eigenvalue weighted by Crippen LogP contribution is -1.99. The summed E-state index contributed by atoms with van der Waals surface area (Å²) in [5.74, 6) is 0. The molecule has 0 radical (unpaired) electrons. The van der Waals surface area contributed by atoms with E-state index in [1.54, 1.807) is 6.20 Å². The van der Waals surface area contributed by atoms with Gasteiger partial charge in [0.2, 0.25) is 0 Å². The maximum Gasteiger partial charge on any atom is 0.0455 e. The molecule has 3 rings (SSSR count). The second-order valence-electron chi connectivity index (χ2n) is 4.14. The number of rotatable bonds is 3. The molecule has 0 bridgehead atoms. The summed E-state index contributed by atoms with van der Waals surface area (Å²) in [5.41, 5.74) is 3.42. The zero-order valence-electron chi connectivity index (χ0n) is 9.65. The number of anilines is 1. The van der Waals surface area contributed by atoms with Gasteiger partial charge in [0.05, 0.1) is 0 Å². The van der Waals surface area contributed by atoms with Gasteiger partial charge in [0.25, 0.3) is 0 Å². The highest BCUT2D eigenvalue weighted by Crippen LogP contribution is 2.18. The van der Waals surface area contributed by atoms with Gasteiger partial charge in [0.1, 0.15) is 0 Å². The van der Waals surface area contributed by atoms with Gasteiger partial charge in [-0.15, -0.1) is 0 Å². The Morgan fingerprint density at radius 1 is 1.17 bits per heavy atom. The van der Waals surface area contributed by atoms with Crippen LogP contribution >= 0.6 is 15.9 Å². The van der Waals surface area contributed by atoms with E-state index >= 15 is 0 Å². The number of hydrogen-bond donors (Lipinski definition) is 2. The Kier molecular flexibility index (Phi) is 3.02. The number of benzene rings is 1. The second-order valence-corrected chi connectivity index (χ2v) is 5.06. The van der Waals surface area contributed by atoms with Crippen LogP contribution in [0.4, 0.5) is 5.69 Å². The molecule has 3 aromatic rings. The number of fused-ring (bicyclic) bond motifs is 1. The average molecular weight is 302 g/mol. The Balaban J connectivity index is 1.76. The maximum absolute atomic E-state index is 4.15. The van der Waals surface area contributed by atoms with Crippen LogP contribution in [-0.2, 0) is 6.54 Å². The first-order valence-corrected chi connectivity index (χ1v) is 6.51. The molecule has 0 fully saturated rings. The summed E-state index contributed by atoms with van der Waals surface area (Å²) in [6.45, 7) is 0.766. The predicted molar refractivity (Wildman–Crippen MR) is 77.6 cm³/mol. The van der Waals surface area contributed by atoms with Crippen molar-refractivity contribution in [3.05, 3.63) is 59.0 Å². The van der Waals surface area contributed by atoms with Crippen LogP contribution in [0.1, 0.15) is 5.56 Å². The molecule has 1 aromatic carbocycles. The Bertz CT molecular complexity index is 675. The monoisotopic (exact) mass is 301 g/mol. The third-order valence-corrected chi connectivity index (χ3v) is 3.25. The van der Waals surface area contributed by atoms with E-state index in [0.29, 0.717) is 0 Å². The fourth-order valence-electron chi connectivity index (χ4n) is 1.92. The van der Waals surface area contributed by atoms with Crippen LogP contribution < -0.4 is 5.32 Å². The van der Waals surface area contributed by atoms with Gasteiger partial charge in [-0.1, -0.05) is 0 Å². The number of pyridine rings is 1. The molecule has 0 saturated heterocycles. The smallest absolute Gasteiger partial charge is 0.0455 e. The number of H-pyrrole nitrogens is 1. The minimum atomic E-state index is 0.766. The molecular formula is C14H12BrN3. The molecule has 0 saturated carbocycles. The van der Waals surface area contributed by atoms with E-state index in [-0.39, 0.29) is 0 Å². The van der Waals surface area contributed by atoms with Gasteiger partial charge >= 0.3 is 0 Å². The Hall–Kier alpha value is -1.81. The van der Waals surface area contributed by atoms with E-state index in [1.165, 1.54) is 5.39 Å².